The lowest BCUT2D eigenvalue weighted by atomic mass is 10.0. The monoisotopic (exact) mass is 500 g/mol. The Labute approximate surface area is 207 Å². The van der Waals surface area contributed by atoms with Gasteiger partial charge in [0.1, 0.15) is 5.15 Å². The lowest BCUT2D eigenvalue weighted by Crippen LogP contribution is -2.49. The third-order valence-corrected chi connectivity index (χ3v) is 7.02. The second kappa shape index (κ2) is 9.47. The average molecular weight is 501 g/mol. The van der Waals surface area contributed by atoms with Gasteiger partial charge in [-0.25, -0.2) is 4.39 Å². The molecule has 5 rings (SSSR count). The van der Waals surface area contributed by atoms with E-state index in [9.17, 15) is 14.0 Å². The van der Waals surface area contributed by atoms with Crippen LogP contribution in [0.15, 0.2) is 30.5 Å². The van der Waals surface area contributed by atoms with Crippen LogP contribution < -0.4 is 4.74 Å². The molecule has 0 unspecified atom stereocenters. The van der Waals surface area contributed by atoms with E-state index >= 15 is 0 Å². The van der Waals surface area contributed by atoms with Crippen LogP contribution in [0.5, 0.6) is 5.88 Å². The predicted octanol–water partition coefficient (Wildman–Crippen LogP) is 3.30. The Morgan fingerprint density at radius 1 is 1.23 bits per heavy atom. The first-order valence-corrected chi connectivity index (χ1v) is 11.9. The Kier molecular flexibility index (Phi) is 6.37. The number of pyridine rings is 1. The van der Waals surface area contributed by atoms with Crippen molar-refractivity contribution in [1.29, 1.82) is 0 Å². The van der Waals surface area contributed by atoms with Gasteiger partial charge in [-0.3, -0.25) is 9.59 Å². The number of morpholine rings is 1. The van der Waals surface area contributed by atoms with Crippen molar-refractivity contribution in [2.75, 3.05) is 40.0 Å². The number of rotatable bonds is 5. The number of hydrogen-bond acceptors (Lipinski definition) is 5. The van der Waals surface area contributed by atoms with Gasteiger partial charge in [-0.1, -0.05) is 11.6 Å². The zero-order chi connectivity index (χ0) is 24.7. The molecule has 2 aromatic heterocycles. The lowest BCUT2D eigenvalue weighted by molar-refractivity contribution is -0.00160. The summed E-state index contributed by atoms with van der Waals surface area (Å²) in [5.74, 6) is -1.39. The van der Waals surface area contributed by atoms with E-state index in [0.717, 1.165) is 42.0 Å². The Morgan fingerprint density at radius 3 is 2.74 bits per heavy atom. The number of carbonyl (C=O) groups excluding carboxylic acids is 2. The third kappa shape index (κ3) is 4.34. The number of halogens is 2. The highest BCUT2D eigenvalue weighted by molar-refractivity contribution is 6.32. The maximum absolute atomic E-state index is 14.3. The summed E-state index contributed by atoms with van der Waals surface area (Å²) in [5, 5.41) is 0.852. The van der Waals surface area contributed by atoms with E-state index in [1.807, 2.05) is 40.9 Å². The molecule has 1 aromatic carbocycles. The fraction of sp³-hybridized carbons (Fsp3) is 0.400. The Hall–Kier alpha value is -3.17. The van der Waals surface area contributed by atoms with Crippen LogP contribution in [0.2, 0.25) is 5.15 Å². The van der Waals surface area contributed by atoms with Gasteiger partial charge in [-0.2, -0.15) is 4.98 Å². The van der Waals surface area contributed by atoms with Crippen molar-refractivity contribution in [2.45, 2.75) is 18.9 Å². The molecule has 3 aromatic rings. The summed E-state index contributed by atoms with van der Waals surface area (Å²) in [5.41, 5.74) is 2.64. The molecule has 2 fully saturated rings. The van der Waals surface area contributed by atoms with E-state index in [2.05, 4.69) is 4.98 Å². The van der Waals surface area contributed by atoms with Crippen molar-refractivity contribution >= 4 is 34.3 Å². The molecule has 10 heteroatoms. The minimum absolute atomic E-state index is 0.0165. The van der Waals surface area contributed by atoms with Crippen LogP contribution in [0.25, 0.3) is 10.9 Å². The second-order valence-corrected chi connectivity index (χ2v) is 9.25. The summed E-state index contributed by atoms with van der Waals surface area (Å²) < 4.78 is 26.9. The fourth-order valence-electron chi connectivity index (χ4n) is 4.72. The van der Waals surface area contributed by atoms with E-state index in [-0.39, 0.29) is 28.5 Å². The molecule has 8 nitrogen and oxygen atoms in total. The molecule has 0 saturated carbocycles. The van der Waals surface area contributed by atoms with Gasteiger partial charge in [0, 0.05) is 49.3 Å². The summed E-state index contributed by atoms with van der Waals surface area (Å²) in [4.78, 5) is 33.5. The quantitative estimate of drug-likeness (QED) is 0.502. The number of amides is 2. The summed E-state index contributed by atoms with van der Waals surface area (Å²) in [6.45, 7) is 2.63. The molecule has 1 atom stereocenters. The molecular formula is C25H26ClFN4O4. The molecule has 0 spiro atoms. The number of benzene rings is 1. The van der Waals surface area contributed by atoms with E-state index < -0.39 is 11.7 Å². The highest BCUT2D eigenvalue weighted by Crippen LogP contribution is 2.28. The van der Waals surface area contributed by atoms with Crippen LogP contribution in [0.3, 0.4) is 0 Å². The smallest absolute Gasteiger partial charge is 0.257 e. The Balaban J connectivity index is 1.44. The van der Waals surface area contributed by atoms with Gasteiger partial charge in [-0.05, 0) is 42.7 Å². The average Bonchev–Trinajstić information content (AvgIpc) is 3.13. The van der Waals surface area contributed by atoms with Gasteiger partial charge in [0.2, 0.25) is 0 Å². The minimum atomic E-state index is -0.751. The van der Waals surface area contributed by atoms with Gasteiger partial charge < -0.3 is 23.8 Å². The predicted molar refractivity (Wildman–Crippen MR) is 129 cm³/mol. The van der Waals surface area contributed by atoms with Crippen LogP contribution in [0.4, 0.5) is 4.39 Å². The zero-order valence-electron chi connectivity index (χ0n) is 19.6. The first-order valence-electron chi connectivity index (χ1n) is 11.5. The molecule has 0 bridgehead atoms. The number of aromatic nitrogens is 2. The van der Waals surface area contributed by atoms with Gasteiger partial charge in [0.05, 0.1) is 31.9 Å². The Bertz CT molecular complexity index is 1310. The molecule has 2 amide bonds. The highest BCUT2D eigenvalue weighted by atomic mass is 35.5. The Morgan fingerprint density at radius 2 is 2.03 bits per heavy atom. The number of nitrogens with zero attached hydrogens (tertiary/aromatic N) is 4. The largest absolute Gasteiger partial charge is 0.479 e. The lowest BCUT2D eigenvalue weighted by Gasteiger charge is -2.36. The van der Waals surface area contributed by atoms with Crippen LogP contribution >= 0.6 is 11.6 Å². The molecule has 2 aliphatic heterocycles. The number of carbonyl (C=O) groups is 2. The van der Waals surface area contributed by atoms with Crippen molar-refractivity contribution in [3.8, 4) is 5.88 Å². The summed E-state index contributed by atoms with van der Waals surface area (Å²) in [6, 6.07) is 6.52. The first kappa shape index (κ1) is 23.6. The maximum Gasteiger partial charge on any atom is 0.257 e. The van der Waals surface area contributed by atoms with Crippen LogP contribution in [0, 0.1) is 5.82 Å². The van der Waals surface area contributed by atoms with Crippen molar-refractivity contribution in [3.05, 3.63) is 58.1 Å². The van der Waals surface area contributed by atoms with Crippen molar-refractivity contribution in [1.82, 2.24) is 19.4 Å². The van der Waals surface area contributed by atoms with E-state index in [0.29, 0.717) is 31.7 Å². The van der Waals surface area contributed by atoms with Crippen LogP contribution in [0.1, 0.15) is 32.7 Å². The standard InChI is InChI=1S/C25H26ClFN4O4/c1-29-13-16(18-11-15(4-5-21(18)29)24(32)30-6-3-7-30)10-17-14-35-9-8-31(17)25(33)19-12-20(27)23(34-2)28-22(19)26/h4-5,11-13,17H,3,6-10,14H2,1-2H3/t17-/m0/s1. The minimum Gasteiger partial charge on any atom is -0.479 e. The molecule has 184 valence electrons. The van der Waals surface area contributed by atoms with E-state index in [1.54, 1.807) is 4.90 Å². The van der Waals surface area contributed by atoms with Crippen molar-refractivity contribution in [3.63, 3.8) is 0 Å². The molecule has 2 aliphatic rings. The van der Waals surface area contributed by atoms with Gasteiger partial charge in [0.25, 0.3) is 17.7 Å². The molecule has 0 aliphatic carbocycles. The number of hydrogen-bond donors (Lipinski definition) is 0. The number of fused-ring (bicyclic) bond motifs is 1. The molecule has 2 saturated heterocycles. The first-order chi connectivity index (χ1) is 16.9. The molecule has 0 N–H and O–H groups in total. The molecule has 35 heavy (non-hydrogen) atoms. The van der Waals surface area contributed by atoms with E-state index in [4.69, 9.17) is 21.1 Å². The number of ether oxygens (including phenoxy) is 2. The van der Waals surface area contributed by atoms with Crippen molar-refractivity contribution < 1.29 is 23.5 Å². The van der Waals surface area contributed by atoms with Crippen molar-refractivity contribution in [2.24, 2.45) is 7.05 Å². The number of likely N-dealkylation sites (tertiary alicyclic amines) is 1. The van der Waals surface area contributed by atoms with Gasteiger partial charge >= 0.3 is 0 Å². The fourth-order valence-corrected chi connectivity index (χ4v) is 4.93. The second-order valence-electron chi connectivity index (χ2n) is 8.89. The maximum atomic E-state index is 14.3. The molecule has 0 radical (unpaired) electrons. The summed E-state index contributed by atoms with van der Waals surface area (Å²) >= 11 is 6.20. The van der Waals surface area contributed by atoms with E-state index in [1.165, 1.54) is 7.11 Å². The highest BCUT2D eigenvalue weighted by Gasteiger charge is 2.31. The van der Waals surface area contributed by atoms with Gasteiger partial charge in [-0.15, -0.1) is 0 Å². The van der Waals surface area contributed by atoms with Crippen LogP contribution in [-0.4, -0.2) is 77.2 Å². The summed E-state index contributed by atoms with van der Waals surface area (Å²) in [6.07, 6.45) is 3.56. The normalized spacial score (nSPS) is 18.0. The third-order valence-electron chi connectivity index (χ3n) is 6.73. The molecule has 4 heterocycles. The number of aryl methyl sites for hydroxylation is 1. The molecular weight excluding hydrogens is 475 g/mol. The zero-order valence-corrected chi connectivity index (χ0v) is 20.3. The summed E-state index contributed by atoms with van der Waals surface area (Å²) in [7, 11) is 3.24. The van der Waals surface area contributed by atoms with Gasteiger partial charge in [0.15, 0.2) is 5.82 Å². The number of methoxy groups -OCH3 is 1. The van der Waals surface area contributed by atoms with Crippen LogP contribution in [-0.2, 0) is 18.2 Å². The topological polar surface area (TPSA) is 76.9 Å². The SMILES string of the molecule is COc1nc(Cl)c(C(=O)N2CCOC[C@@H]2Cc2cn(C)c3ccc(C(=O)N4CCC4)cc23)cc1F.